The summed E-state index contributed by atoms with van der Waals surface area (Å²) in [6.07, 6.45) is 8.70. The summed E-state index contributed by atoms with van der Waals surface area (Å²) < 4.78 is 12.7. The summed E-state index contributed by atoms with van der Waals surface area (Å²) in [6, 6.07) is 0. The number of hydrogen-bond donors (Lipinski definition) is 2. The van der Waals surface area contributed by atoms with Crippen molar-refractivity contribution in [2.75, 3.05) is 0 Å². The summed E-state index contributed by atoms with van der Waals surface area (Å²) >= 11 is 0. The second kappa shape index (κ2) is 9.31. The Morgan fingerprint density at radius 3 is 2.44 bits per heavy atom. The Bertz CT molecular complexity index is 956. The van der Waals surface area contributed by atoms with Crippen LogP contribution in [0.25, 0.3) is 0 Å². The number of aliphatic hydroxyl groups is 2. The number of rotatable bonds is 0. The number of allylic oxidation sites excluding steroid dienone is 4. The van der Waals surface area contributed by atoms with E-state index in [0.717, 1.165) is 25.7 Å². The molecule has 0 radical (unpaired) electrons. The minimum Gasteiger partial charge on any atom is -0.504 e. The van der Waals surface area contributed by atoms with Crippen LogP contribution < -0.4 is 0 Å². The molecule has 5 nitrogen and oxygen atoms in total. The number of ketones is 1. The van der Waals surface area contributed by atoms with Crippen LogP contribution in [-0.4, -0.2) is 34.0 Å². The minimum atomic E-state index is -1.52. The molecule has 188 valence electrons. The highest BCUT2D eigenvalue weighted by molar-refractivity contribution is 6.06. The third-order valence-corrected chi connectivity index (χ3v) is 8.87. The van der Waals surface area contributed by atoms with E-state index in [-0.39, 0.29) is 23.7 Å². The molecule has 0 unspecified atom stereocenters. The van der Waals surface area contributed by atoms with Crippen molar-refractivity contribution in [3.63, 3.8) is 0 Å². The lowest BCUT2D eigenvalue weighted by Gasteiger charge is -2.45. The number of fused-ring (bicyclic) bond motifs is 4. The van der Waals surface area contributed by atoms with Gasteiger partial charge in [-0.3, -0.25) is 4.79 Å². The summed E-state index contributed by atoms with van der Waals surface area (Å²) in [5, 5.41) is 22.5. The molecule has 9 atom stereocenters. The van der Waals surface area contributed by atoms with E-state index in [4.69, 9.17) is 9.47 Å². The molecule has 1 saturated heterocycles. The summed E-state index contributed by atoms with van der Waals surface area (Å²) in [6.45, 7) is 15.3. The van der Waals surface area contributed by atoms with Crippen molar-refractivity contribution in [2.24, 2.45) is 35.5 Å². The van der Waals surface area contributed by atoms with Gasteiger partial charge in [-0.25, -0.2) is 0 Å². The van der Waals surface area contributed by atoms with Gasteiger partial charge in [-0.15, -0.1) is 0 Å². The van der Waals surface area contributed by atoms with Crippen molar-refractivity contribution in [3.8, 4) is 0 Å². The van der Waals surface area contributed by atoms with Crippen molar-refractivity contribution in [2.45, 2.75) is 92.1 Å². The Labute approximate surface area is 204 Å². The molecule has 4 rings (SSSR count). The van der Waals surface area contributed by atoms with Crippen molar-refractivity contribution in [3.05, 3.63) is 46.5 Å². The highest BCUT2D eigenvalue weighted by Gasteiger charge is 2.49. The Kier molecular flexibility index (Phi) is 6.91. The smallest absolute Gasteiger partial charge is 0.231 e. The van der Waals surface area contributed by atoms with Gasteiger partial charge in [0.25, 0.3) is 0 Å². The van der Waals surface area contributed by atoms with Gasteiger partial charge in [-0.2, -0.15) is 0 Å². The lowest BCUT2D eigenvalue weighted by molar-refractivity contribution is -0.163. The van der Waals surface area contributed by atoms with Crippen LogP contribution in [0.4, 0.5) is 0 Å². The molecule has 2 N–H and O–H groups in total. The molecular formula is C29H42O5. The Hall–Kier alpha value is -1.85. The minimum absolute atomic E-state index is 0.0321. The van der Waals surface area contributed by atoms with Crippen molar-refractivity contribution in [1.82, 2.24) is 0 Å². The molecule has 0 aromatic heterocycles. The van der Waals surface area contributed by atoms with Crippen LogP contribution in [0.2, 0.25) is 0 Å². The van der Waals surface area contributed by atoms with Gasteiger partial charge in [0.05, 0.1) is 12.2 Å². The van der Waals surface area contributed by atoms with Gasteiger partial charge in [0.2, 0.25) is 11.6 Å². The fraction of sp³-hybridized carbons (Fsp3) is 0.690. The number of carbonyl (C=O) groups is 1. The largest absolute Gasteiger partial charge is 0.504 e. The molecule has 0 aromatic carbocycles. The fourth-order valence-electron chi connectivity index (χ4n) is 6.50. The second-order valence-electron chi connectivity index (χ2n) is 11.7. The third-order valence-electron chi connectivity index (χ3n) is 8.87. The first-order valence-electron chi connectivity index (χ1n) is 13.1. The molecule has 0 amide bonds. The van der Waals surface area contributed by atoms with Gasteiger partial charge < -0.3 is 19.7 Å². The maximum absolute atomic E-state index is 12.8. The molecular weight excluding hydrogens is 428 g/mol. The van der Waals surface area contributed by atoms with E-state index >= 15 is 0 Å². The molecule has 0 saturated carbocycles. The zero-order valence-electron chi connectivity index (χ0n) is 21.8. The maximum atomic E-state index is 12.8. The predicted molar refractivity (Wildman–Crippen MR) is 133 cm³/mol. The van der Waals surface area contributed by atoms with E-state index < -0.39 is 17.7 Å². The Balaban J connectivity index is 1.80. The first-order chi connectivity index (χ1) is 15.9. The average Bonchev–Trinajstić information content (AvgIpc) is 3.09. The van der Waals surface area contributed by atoms with Crippen LogP contribution in [-0.2, 0) is 14.3 Å². The van der Waals surface area contributed by atoms with Crippen LogP contribution in [0, 0.1) is 35.5 Å². The van der Waals surface area contributed by atoms with Gasteiger partial charge >= 0.3 is 0 Å². The monoisotopic (exact) mass is 470 g/mol. The molecule has 1 aliphatic carbocycles. The standard InChI is InChI=1S/C29H42O5/c1-15-8-9-24-20(6)19(5)21(7)28(33-24)26-22-14-29(32,34-25(22)13-23(30)27(26)31)18(4)12-17(3)11-16(2)10-15/h10,13-15,17-21,24,28,31-32H,8-9,11-12H2,1-7H3/t15-,17+,18-,19-,20+,21+,24+,28+,29+/m0/s1. The van der Waals surface area contributed by atoms with Gasteiger partial charge in [0.15, 0.2) is 5.76 Å². The van der Waals surface area contributed by atoms with E-state index in [2.05, 4.69) is 47.6 Å². The number of carbonyl (C=O) groups excluding carboxylic acids is 1. The van der Waals surface area contributed by atoms with E-state index in [1.54, 1.807) is 6.08 Å². The molecule has 0 aromatic rings. The summed E-state index contributed by atoms with van der Waals surface area (Å²) in [5.41, 5.74) is 2.46. The van der Waals surface area contributed by atoms with Crippen LogP contribution in [0.3, 0.4) is 0 Å². The predicted octanol–water partition coefficient (Wildman–Crippen LogP) is 6.01. The van der Waals surface area contributed by atoms with Crippen LogP contribution in [0.5, 0.6) is 0 Å². The highest BCUT2D eigenvalue weighted by atomic mass is 16.6. The molecule has 4 aliphatic rings. The summed E-state index contributed by atoms with van der Waals surface area (Å²) in [7, 11) is 0. The quantitative estimate of drug-likeness (QED) is 0.424. The van der Waals surface area contributed by atoms with Gasteiger partial charge in [-0.05, 0) is 68.3 Å². The van der Waals surface area contributed by atoms with Crippen molar-refractivity contribution >= 4 is 5.78 Å². The fourth-order valence-corrected chi connectivity index (χ4v) is 6.50. The number of aliphatic hydroxyl groups excluding tert-OH is 1. The molecule has 3 aliphatic heterocycles. The zero-order valence-corrected chi connectivity index (χ0v) is 21.8. The third kappa shape index (κ3) is 4.54. The SMILES string of the molecule is CC1=C[C@@H](C)CC[C@H]2O[C@@H](C3=C(O)C(=O)C=C4O[C@](O)(C=C43)[C@@H](C)C[C@H](C)C1)[C@H](C)[C@@H](C)[C@H]2C. The lowest BCUT2D eigenvalue weighted by Crippen LogP contribution is -2.46. The number of ether oxygens (including phenoxy) is 2. The number of hydrogen-bond acceptors (Lipinski definition) is 5. The Morgan fingerprint density at radius 1 is 1.03 bits per heavy atom. The first-order valence-corrected chi connectivity index (χ1v) is 13.1. The van der Waals surface area contributed by atoms with E-state index in [0.29, 0.717) is 40.6 Å². The van der Waals surface area contributed by atoms with Crippen LogP contribution in [0.1, 0.15) is 74.1 Å². The van der Waals surface area contributed by atoms with Crippen molar-refractivity contribution in [1.29, 1.82) is 0 Å². The molecule has 4 bridgehead atoms. The molecule has 5 heteroatoms. The molecule has 3 heterocycles. The Morgan fingerprint density at radius 2 is 1.74 bits per heavy atom. The summed E-state index contributed by atoms with van der Waals surface area (Å²) in [4.78, 5) is 12.8. The van der Waals surface area contributed by atoms with E-state index in [9.17, 15) is 15.0 Å². The van der Waals surface area contributed by atoms with Gasteiger partial charge in [-0.1, -0.05) is 53.2 Å². The molecule has 34 heavy (non-hydrogen) atoms. The van der Waals surface area contributed by atoms with E-state index in [1.807, 2.05) is 6.92 Å². The second-order valence-corrected chi connectivity index (χ2v) is 11.7. The topological polar surface area (TPSA) is 76.0 Å². The van der Waals surface area contributed by atoms with Gasteiger partial charge in [0.1, 0.15) is 5.76 Å². The first kappa shape index (κ1) is 25.2. The molecule has 0 spiro atoms. The average molecular weight is 471 g/mol. The van der Waals surface area contributed by atoms with E-state index in [1.165, 1.54) is 11.6 Å². The molecule has 1 fully saturated rings. The van der Waals surface area contributed by atoms with Gasteiger partial charge in [0, 0.05) is 23.1 Å². The van der Waals surface area contributed by atoms with Crippen molar-refractivity contribution < 1.29 is 24.5 Å². The highest BCUT2D eigenvalue weighted by Crippen LogP contribution is 2.48. The lowest BCUT2D eigenvalue weighted by atomic mass is 9.71. The summed E-state index contributed by atoms with van der Waals surface area (Å²) in [5.74, 6) is -0.501. The normalized spacial score (nSPS) is 43.6. The van der Waals surface area contributed by atoms with Crippen LogP contribution >= 0.6 is 0 Å². The maximum Gasteiger partial charge on any atom is 0.231 e. The zero-order chi connectivity index (χ0) is 24.9. The van der Waals surface area contributed by atoms with Crippen LogP contribution in [0.15, 0.2) is 46.5 Å².